The monoisotopic (exact) mass is 426 g/mol. The van der Waals surface area contributed by atoms with Crippen LogP contribution in [0, 0.1) is 29.1 Å². The van der Waals surface area contributed by atoms with E-state index < -0.39 is 6.04 Å². The van der Waals surface area contributed by atoms with Crippen LogP contribution in [0.3, 0.4) is 0 Å². The zero-order valence-electron chi connectivity index (χ0n) is 19.4. The third-order valence-corrected chi connectivity index (χ3v) is 8.03. The summed E-state index contributed by atoms with van der Waals surface area (Å²) in [5, 5.41) is 6.31. The molecule has 0 radical (unpaired) electrons. The molecule has 4 saturated carbocycles. The molecule has 4 aliphatic carbocycles. The lowest BCUT2D eigenvalue weighted by Gasteiger charge is -2.59. The van der Waals surface area contributed by atoms with Gasteiger partial charge in [-0.2, -0.15) is 0 Å². The van der Waals surface area contributed by atoms with Gasteiger partial charge in [0.2, 0.25) is 5.91 Å². The van der Waals surface area contributed by atoms with Crippen molar-refractivity contribution in [3.05, 3.63) is 29.8 Å². The number of rotatable bonds is 8. The van der Waals surface area contributed by atoms with Crippen molar-refractivity contribution in [2.75, 3.05) is 6.61 Å². The zero-order chi connectivity index (χ0) is 22.2. The molecule has 0 aliphatic heterocycles. The van der Waals surface area contributed by atoms with Crippen molar-refractivity contribution >= 4 is 11.8 Å². The minimum absolute atomic E-state index is 0.00762. The average Bonchev–Trinajstić information content (AvgIpc) is 2.71. The van der Waals surface area contributed by atoms with Crippen molar-refractivity contribution in [3.8, 4) is 5.75 Å². The van der Waals surface area contributed by atoms with Crippen molar-refractivity contribution in [2.24, 2.45) is 29.1 Å². The van der Waals surface area contributed by atoms with E-state index in [9.17, 15) is 9.59 Å². The van der Waals surface area contributed by atoms with E-state index in [1.54, 1.807) is 12.1 Å². The molecule has 5 heteroatoms. The third-order valence-electron chi connectivity index (χ3n) is 8.03. The van der Waals surface area contributed by atoms with Crippen LogP contribution in [0.4, 0.5) is 0 Å². The molecule has 2 atom stereocenters. The van der Waals surface area contributed by atoms with Gasteiger partial charge in [-0.05, 0) is 93.6 Å². The van der Waals surface area contributed by atoms with Crippen LogP contribution in [0.15, 0.2) is 24.3 Å². The highest BCUT2D eigenvalue weighted by Gasteiger charge is 2.53. The number of nitrogens with one attached hydrogen (secondary N) is 2. The minimum Gasteiger partial charge on any atom is -0.493 e. The molecule has 170 valence electrons. The van der Waals surface area contributed by atoms with E-state index >= 15 is 0 Å². The van der Waals surface area contributed by atoms with Crippen molar-refractivity contribution < 1.29 is 14.3 Å². The van der Waals surface area contributed by atoms with Gasteiger partial charge in [-0.15, -0.1) is 0 Å². The van der Waals surface area contributed by atoms with Crippen LogP contribution in [0.1, 0.15) is 76.6 Å². The number of hydrogen-bond donors (Lipinski definition) is 2. The molecule has 1 aromatic rings. The molecule has 2 N–H and O–H groups in total. The largest absolute Gasteiger partial charge is 0.493 e. The van der Waals surface area contributed by atoms with Gasteiger partial charge in [-0.25, -0.2) is 0 Å². The van der Waals surface area contributed by atoms with E-state index in [-0.39, 0.29) is 29.2 Å². The van der Waals surface area contributed by atoms with Crippen LogP contribution in [0.5, 0.6) is 5.75 Å². The van der Waals surface area contributed by atoms with Gasteiger partial charge in [-0.3, -0.25) is 9.59 Å². The SMILES string of the molecule is CCOc1ccccc1C(=O)N[C@@H](C(=O)NC(C)C12CC3CC(CC(C3)C1)C2)C(C)C. The molecule has 2 amide bonds. The van der Waals surface area contributed by atoms with Crippen LogP contribution in [0.25, 0.3) is 0 Å². The maximum atomic E-state index is 13.3. The summed E-state index contributed by atoms with van der Waals surface area (Å²) < 4.78 is 5.60. The molecular formula is C26H38N2O3. The van der Waals surface area contributed by atoms with Gasteiger partial charge in [-0.1, -0.05) is 26.0 Å². The number of ether oxygens (including phenoxy) is 1. The Hall–Kier alpha value is -2.04. The fourth-order valence-corrected chi connectivity index (χ4v) is 6.85. The first-order chi connectivity index (χ1) is 14.8. The minimum atomic E-state index is -0.571. The Kier molecular flexibility index (Phi) is 6.32. The standard InChI is InChI=1S/C26H38N2O3/c1-5-31-22-9-7-6-8-21(22)24(29)28-23(16(2)3)25(30)27-17(4)26-13-18-10-19(14-26)12-20(11-18)15-26/h6-9,16-20,23H,5,10-15H2,1-4H3,(H,27,30)(H,28,29)/t17?,18?,19?,20?,23-,26?/m1/s1. The number of para-hydroxylation sites is 1. The van der Waals surface area contributed by atoms with Crippen molar-refractivity contribution in [1.29, 1.82) is 0 Å². The molecule has 4 fully saturated rings. The normalized spacial score (nSPS) is 30.7. The lowest BCUT2D eigenvalue weighted by Crippen LogP contribution is -2.59. The molecule has 5 nitrogen and oxygen atoms in total. The van der Waals surface area contributed by atoms with E-state index in [4.69, 9.17) is 4.74 Å². The quantitative estimate of drug-likeness (QED) is 0.640. The number of carbonyl (C=O) groups excluding carboxylic acids is 2. The van der Waals surface area contributed by atoms with Gasteiger partial charge < -0.3 is 15.4 Å². The second-order valence-electron chi connectivity index (χ2n) is 10.6. The predicted octanol–water partition coefficient (Wildman–Crippen LogP) is 4.56. The molecule has 0 heterocycles. The first kappa shape index (κ1) is 22.2. The Bertz CT molecular complexity index is 783. The fourth-order valence-electron chi connectivity index (χ4n) is 6.85. The van der Waals surface area contributed by atoms with Crippen LogP contribution >= 0.6 is 0 Å². The molecule has 0 spiro atoms. The van der Waals surface area contributed by atoms with Crippen molar-refractivity contribution in [1.82, 2.24) is 10.6 Å². The summed E-state index contributed by atoms with van der Waals surface area (Å²) in [6, 6.07) is 6.77. The van der Waals surface area contributed by atoms with E-state index in [0.717, 1.165) is 17.8 Å². The highest BCUT2D eigenvalue weighted by Crippen LogP contribution is 2.61. The summed E-state index contributed by atoms with van der Waals surface area (Å²) >= 11 is 0. The van der Waals surface area contributed by atoms with Gasteiger partial charge in [0.15, 0.2) is 0 Å². The van der Waals surface area contributed by atoms with Crippen LogP contribution in [-0.2, 0) is 4.79 Å². The fraction of sp³-hybridized carbons (Fsp3) is 0.692. The van der Waals surface area contributed by atoms with Crippen LogP contribution in [-0.4, -0.2) is 30.5 Å². The summed E-state index contributed by atoms with van der Waals surface area (Å²) in [5.41, 5.74) is 0.717. The summed E-state index contributed by atoms with van der Waals surface area (Å²) in [6.45, 7) is 8.53. The molecule has 31 heavy (non-hydrogen) atoms. The number of benzene rings is 1. The molecule has 1 unspecified atom stereocenters. The summed E-state index contributed by atoms with van der Waals surface area (Å²) in [5.74, 6) is 2.75. The second-order valence-corrected chi connectivity index (χ2v) is 10.6. The zero-order valence-corrected chi connectivity index (χ0v) is 19.4. The highest BCUT2D eigenvalue weighted by atomic mass is 16.5. The van der Waals surface area contributed by atoms with E-state index in [2.05, 4.69) is 17.6 Å². The number of carbonyl (C=O) groups is 2. The van der Waals surface area contributed by atoms with E-state index in [1.807, 2.05) is 32.9 Å². The Morgan fingerprint density at radius 1 is 1.00 bits per heavy atom. The van der Waals surface area contributed by atoms with Gasteiger partial charge in [0.1, 0.15) is 11.8 Å². The molecule has 4 aliphatic rings. The molecular weight excluding hydrogens is 388 g/mol. The first-order valence-electron chi connectivity index (χ1n) is 12.1. The number of amides is 2. The molecule has 4 bridgehead atoms. The van der Waals surface area contributed by atoms with Gasteiger partial charge in [0.25, 0.3) is 5.91 Å². The lowest BCUT2D eigenvalue weighted by molar-refractivity contribution is -0.128. The topological polar surface area (TPSA) is 67.4 Å². The maximum Gasteiger partial charge on any atom is 0.255 e. The Balaban J connectivity index is 1.44. The highest BCUT2D eigenvalue weighted by molar-refractivity contribution is 5.99. The molecule has 5 rings (SSSR count). The Morgan fingerprint density at radius 3 is 2.13 bits per heavy atom. The number of hydrogen-bond acceptors (Lipinski definition) is 3. The third kappa shape index (κ3) is 4.47. The predicted molar refractivity (Wildman–Crippen MR) is 122 cm³/mol. The van der Waals surface area contributed by atoms with Crippen molar-refractivity contribution in [2.45, 2.75) is 78.3 Å². The summed E-state index contributed by atoms with van der Waals surface area (Å²) in [7, 11) is 0. The Labute approximate surface area is 186 Å². The second kappa shape index (κ2) is 8.84. The van der Waals surface area contributed by atoms with Crippen molar-refractivity contribution in [3.63, 3.8) is 0 Å². The lowest BCUT2D eigenvalue weighted by atomic mass is 9.48. The smallest absolute Gasteiger partial charge is 0.255 e. The Morgan fingerprint density at radius 2 is 1.58 bits per heavy atom. The van der Waals surface area contributed by atoms with E-state index in [0.29, 0.717) is 17.9 Å². The van der Waals surface area contributed by atoms with Gasteiger partial charge >= 0.3 is 0 Å². The van der Waals surface area contributed by atoms with Gasteiger partial charge in [0.05, 0.1) is 12.2 Å². The van der Waals surface area contributed by atoms with Crippen LogP contribution < -0.4 is 15.4 Å². The summed E-state index contributed by atoms with van der Waals surface area (Å²) in [6.07, 6.45) is 7.93. The molecule has 0 aromatic heterocycles. The van der Waals surface area contributed by atoms with Crippen LogP contribution in [0.2, 0.25) is 0 Å². The molecule has 1 aromatic carbocycles. The average molecular weight is 427 g/mol. The maximum absolute atomic E-state index is 13.3. The molecule has 0 saturated heterocycles. The van der Waals surface area contributed by atoms with E-state index in [1.165, 1.54) is 38.5 Å². The summed E-state index contributed by atoms with van der Waals surface area (Å²) in [4.78, 5) is 26.3. The van der Waals surface area contributed by atoms with Gasteiger partial charge in [0, 0.05) is 6.04 Å². The first-order valence-corrected chi connectivity index (χ1v) is 12.1.